The van der Waals surface area contributed by atoms with Crippen LogP contribution in [0.4, 0.5) is 0 Å². The van der Waals surface area contributed by atoms with Crippen LogP contribution in [0.25, 0.3) is 0 Å². The highest BCUT2D eigenvalue weighted by molar-refractivity contribution is 5.48. The summed E-state index contributed by atoms with van der Waals surface area (Å²) in [6, 6.07) is 8.34. The number of hydrogen-bond acceptors (Lipinski definition) is 1. The molecule has 0 bridgehead atoms. The quantitative estimate of drug-likeness (QED) is 0.712. The third kappa shape index (κ3) is 2.59. The molecule has 1 rings (SSSR count). The van der Waals surface area contributed by atoms with Gasteiger partial charge in [-0.25, -0.2) is 0 Å². The lowest BCUT2D eigenvalue weighted by Crippen LogP contribution is -2.20. The van der Waals surface area contributed by atoms with Crippen molar-refractivity contribution < 1.29 is 4.79 Å². The molecule has 0 aliphatic heterocycles. The lowest BCUT2D eigenvalue weighted by Gasteiger charge is -2.17. The van der Waals surface area contributed by atoms with Crippen LogP contribution in [0.3, 0.4) is 0 Å². The van der Waals surface area contributed by atoms with Crippen molar-refractivity contribution in [3.8, 4) is 0 Å². The zero-order valence-electron chi connectivity index (χ0n) is 8.79. The Balaban J connectivity index is 2.86. The summed E-state index contributed by atoms with van der Waals surface area (Å²) in [7, 11) is 0. The highest BCUT2D eigenvalue weighted by Crippen LogP contribution is 2.20. The molecule has 2 nitrogen and oxygen atoms in total. The summed E-state index contributed by atoms with van der Waals surface area (Å²) < 4.78 is 0. The van der Waals surface area contributed by atoms with Gasteiger partial charge in [0.1, 0.15) is 0 Å². The van der Waals surface area contributed by atoms with Gasteiger partial charge in [-0.1, -0.05) is 37.6 Å². The number of carbonyl (C=O) groups excluding carboxylic acids is 1. The van der Waals surface area contributed by atoms with Crippen molar-refractivity contribution in [1.82, 2.24) is 5.32 Å². The van der Waals surface area contributed by atoms with E-state index in [1.165, 1.54) is 11.1 Å². The highest BCUT2D eigenvalue weighted by atomic mass is 16.1. The second-order valence-electron chi connectivity index (χ2n) is 3.48. The first-order valence-corrected chi connectivity index (χ1v) is 5.04. The average Bonchev–Trinajstić information content (AvgIpc) is 2.18. The van der Waals surface area contributed by atoms with Crippen molar-refractivity contribution in [3.63, 3.8) is 0 Å². The Kier molecular flexibility index (Phi) is 4.17. The molecule has 2 heteroatoms. The van der Waals surface area contributed by atoms with E-state index >= 15 is 0 Å². The third-order valence-corrected chi connectivity index (χ3v) is 2.41. The van der Waals surface area contributed by atoms with Crippen LogP contribution in [0.1, 0.15) is 36.9 Å². The van der Waals surface area contributed by atoms with Crippen molar-refractivity contribution in [1.29, 1.82) is 0 Å². The first-order chi connectivity index (χ1) is 6.79. The van der Waals surface area contributed by atoms with E-state index in [0.29, 0.717) is 0 Å². The average molecular weight is 191 g/mol. The Labute approximate surface area is 85.3 Å². The summed E-state index contributed by atoms with van der Waals surface area (Å²) >= 11 is 0. The van der Waals surface area contributed by atoms with Gasteiger partial charge in [0.15, 0.2) is 0 Å². The number of nitrogens with one attached hydrogen (secondary N) is 1. The number of carbonyl (C=O) groups is 1. The highest BCUT2D eigenvalue weighted by Gasteiger charge is 2.10. The predicted octanol–water partition coefficient (Wildman–Crippen LogP) is 2.58. The van der Waals surface area contributed by atoms with Crippen LogP contribution < -0.4 is 5.32 Å². The van der Waals surface area contributed by atoms with Gasteiger partial charge in [0.25, 0.3) is 0 Å². The fraction of sp³-hybridized carbons (Fsp3) is 0.417. The van der Waals surface area contributed by atoms with Gasteiger partial charge in [-0.2, -0.15) is 0 Å². The van der Waals surface area contributed by atoms with Crippen molar-refractivity contribution in [2.45, 2.75) is 32.7 Å². The van der Waals surface area contributed by atoms with Crippen molar-refractivity contribution >= 4 is 6.41 Å². The second-order valence-corrected chi connectivity index (χ2v) is 3.48. The standard InChI is InChI=1S/C12H17NO/c1-3-6-12(13-9-14)11-8-5-4-7-10(11)2/h4-5,7-9,12H,3,6H2,1-2H3,(H,13,14). The third-order valence-electron chi connectivity index (χ3n) is 2.41. The minimum absolute atomic E-state index is 0.165. The van der Waals surface area contributed by atoms with E-state index < -0.39 is 0 Å². The first kappa shape index (κ1) is 10.8. The van der Waals surface area contributed by atoms with E-state index in [1.54, 1.807) is 0 Å². The molecule has 0 saturated carbocycles. The summed E-state index contributed by atoms with van der Waals surface area (Å²) in [5.41, 5.74) is 2.46. The Morgan fingerprint density at radius 3 is 2.71 bits per heavy atom. The van der Waals surface area contributed by atoms with Gasteiger partial charge in [-0.05, 0) is 24.5 Å². The molecule has 1 N–H and O–H groups in total. The van der Waals surface area contributed by atoms with Crippen LogP contribution in [0, 0.1) is 6.92 Å². The van der Waals surface area contributed by atoms with Crippen LogP contribution >= 0.6 is 0 Å². The predicted molar refractivity (Wildman–Crippen MR) is 58.0 cm³/mol. The number of aryl methyl sites for hydroxylation is 1. The van der Waals surface area contributed by atoms with Crippen LogP contribution in [-0.4, -0.2) is 6.41 Å². The monoisotopic (exact) mass is 191 g/mol. The molecule has 0 aromatic heterocycles. The summed E-state index contributed by atoms with van der Waals surface area (Å²) in [5.74, 6) is 0. The van der Waals surface area contributed by atoms with Gasteiger partial charge in [-0.15, -0.1) is 0 Å². The van der Waals surface area contributed by atoms with Crippen molar-refractivity contribution in [2.24, 2.45) is 0 Å². The Hall–Kier alpha value is -1.31. The summed E-state index contributed by atoms with van der Waals surface area (Å²) in [5, 5.41) is 2.86. The molecule has 76 valence electrons. The minimum Gasteiger partial charge on any atom is -0.352 e. The molecule has 0 radical (unpaired) electrons. The van der Waals surface area contributed by atoms with Gasteiger partial charge < -0.3 is 5.32 Å². The number of amides is 1. The lowest BCUT2D eigenvalue weighted by molar-refractivity contribution is -0.110. The zero-order chi connectivity index (χ0) is 10.4. The largest absolute Gasteiger partial charge is 0.352 e. The maximum atomic E-state index is 10.5. The molecule has 14 heavy (non-hydrogen) atoms. The van der Waals surface area contributed by atoms with Gasteiger partial charge in [-0.3, -0.25) is 4.79 Å². The number of hydrogen-bond donors (Lipinski definition) is 1. The van der Waals surface area contributed by atoms with Crippen LogP contribution in [0.5, 0.6) is 0 Å². The van der Waals surface area contributed by atoms with Gasteiger partial charge in [0.05, 0.1) is 6.04 Å². The summed E-state index contributed by atoms with van der Waals surface area (Å²) in [6.07, 6.45) is 2.84. The lowest BCUT2D eigenvalue weighted by atomic mass is 9.98. The molecule has 1 atom stereocenters. The van der Waals surface area contributed by atoms with E-state index in [0.717, 1.165) is 19.3 Å². The van der Waals surface area contributed by atoms with E-state index in [2.05, 4.69) is 31.3 Å². The molecule has 0 heterocycles. The molecular formula is C12H17NO. The first-order valence-electron chi connectivity index (χ1n) is 5.04. The molecule has 1 unspecified atom stereocenters. The maximum absolute atomic E-state index is 10.5. The fourth-order valence-electron chi connectivity index (χ4n) is 1.68. The SMILES string of the molecule is CCCC(NC=O)c1ccccc1C. The van der Waals surface area contributed by atoms with Gasteiger partial charge in [0.2, 0.25) is 6.41 Å². The van der Waals surface area contributed by atoms with E-state index in [-0.39, 0.29) is 6.04 Å². The van der Waals surface area contributed by atoms with E-state index in [4.69, 9.17) is 0 Å². The fourth-order valence-corrected chi connectivity index (χ4v) is 1.68. The van der Waals surface area contributed by atoms with Crippen molar-refractivity contribution in [2.75, 3.05) is 0 Å². The molecular weight excluding hydrogens is 174 g/mol. The molecule has 1 aromatic rings. The maximum Gasteiger partial charge on any atom is 0.207 e. The molecule has 0 fully saturated rings. The number of rotatable bonds is 5. The van der Waals surface area contributed by atoms with Gasteiger partial charge in [0, 0.05) is 0 Å². The molecule has 0 spiro atoms. The van der Waals surface area contributed by atoms with Crippen LogP contribution in [0.15, 0.2) is 24.3 Å². The number of benzene rings is 1. The molecule has 0 aliphatic rings. The zero-order valence-corrected chi connectivity index (χ0v) is 8.79. The Morgan fingerprint density at radius 1 is 1.43 bits per heavy atom. The normalized spacial score (nSPS) is 12.1. The smallest absolute Gasteiger partial charge is 0.207 e. The van der Waals surface area contributed by atoms with Crippen molar-refractivity contribution in [3.05, 3.63) is 35.4 Å². The molecule has 0 aliphatic carbocycles. The second kappa shape index (κ2) is 5.43. The van der Waals surface area contributed by atoms with E-state index in [9.17, 15) is 4.79 Å². The van der Waals surface area contributed by atoms with E-state index in [1.807, 2.05) is 12.1 Å². The molecule has 1 aromatic carbocycles. The molecule has 1 amide bonds. The minimum atomic E-state index is 0.165. The van der Waals surface area contributed by atoms with Gasteiger partial charge >= 0.3 is 0 Å². The van der Waals surface area contributed by atoms with Crippen LogP contribution in [0.2, 0.25) is 0 Å². The van der Waals surface area contributed by atoms with Crippen LogP contribution in [-0.2, 0) is 4.79 Å². The Bertz CT molecular complexity index is 296. The molecule has 0 saturated heterocycles. The summed E-state index contributed by atoms with van der Waals surface area (Å²) in [4.78, 5) is 10.5. The Morgan fingerprint density at radius 2 is 2.14 bits per heavy atom. The topological polar surface area (TPSA) is 29.1 Å². The summed E-state index contributed by atoms with van der Waals surface area (Å²) in [6.45, 7) is 4.20.